The second kappa shape index (κ2) is 1.74. The van der Waals surface area contributed by atoms with Gasteiger partial charge in [-0.15, -0.1) is 0 Å². The van der Waals surface area contributed by atoms with E-state index in [1.54, 1.807) is 0 Å². The van der Waals surface area contributed by atoms with E-state index in [1.807, 2.05) is 0 Å². The Morgan fingerprint density at radius 2 is 2.30 bits per heavy atom. The summed E-state index contributed by atoms with van der Waals surface area (Å²) in [5.74, 6) is 1.03. The van der Waals surface area contributed by atoms with E-state index < -0.39 is 0 Å². The predicted octanol–water partition coefficient (Wildman–Crippen LogP) is 0.0524. The number of hydrogen-bond donors (Lipinski definition) is 1. The Morgan fingerprint density at radius 1 is 1.30 bits per heavy atom. The molecule has 2 nitrogen and oxygen atoms in total. The molecule has 0 saturated carbocycles. The lowest BCUT2D eigenvalue weighted by Crippen LogP contribution is -2.54. The summed E-state index contributed by atoms with van der Waals surface area (Å²) < 4.78 is 0. The molecular weight excluding hydrogens is 124 g/mol. The second-order valence-corrected chi connectivity index (χ2v) is 4.01. The molecule has 3 fully saturated rings. The molecule has 3 bridgehead atoms. The van der Waals surface area contributed by atoms with Crippen molar-refractivity contribution in [2.75, 3.05) is 19.6 Å². The summed E-state index contributed by atoms with van der Waals surface area (Å²) in [6.07, 6.45) is 2.91. The van der Waals surface area contributed by atoms with Crippen molar-refractivity contribution in [2.24, 2.45) is 5.92 Å². The van der Waals surface area contributed by atoms with Crippen LogP contribution in [0.25, 0.3) is 0 Å². The van der Waals surface area contributed by atoms with Crippen molar-refractivity contribution in [3.8, 4) is 0 Å². The molecule has 2 heteroatoms. The largest absolute Gasteiger partial charge is 0.308 e. The highest BCUT2D eigenvalue weighted by molar-refractivity contribution is 5.01. The van der Waals surface area contributed by atoms with Crippen LogP contribution in [0.2, 0.25) is 0 Å². The van der Waals surface area contributed by atoms with Crippen LogP contribution < -0.4 is 5.32 Å². The van der Waals surface area contributed by atoms with E-state index in [9.17, 15) is 0 Å². The molecule has 1 unspecified atom stereocenters. The van der Waals surface area contributed by atoms with Crippen LogP contribution in [0.4, 0.5) is 0 Å². The lowest BCUT2D eigenvalue weighted by molar-refractivity contribution is 0.146. The monoisotopic (exact) mass is 138 g/mol. The molecule has 0 spiro atoms. The molecule has 10 heavy (non-hydrogen) atoms. The molecule has 0 aliphatic carbocycles. The summed E-state index contributed by atoms with van der Waals surface area (Å²) >= 11 is 0. The van der Waals surface area contributed by atoms with Crippen LogP contribution in [-0.4, -0.2) is 36.6 Å². The molecular formula is C8H14N2. The topological polar surface area (TPSA) is 15.3 Å². The van der Waals surface area contributed by atoms with E-state index in [0.717, 1.165) is 18.0 Å². The quantitative estimate of drug-likeness (QED) is 0.509. The fraction of sp³-hybridized carbons (Fsp3) is 1.00. The fourth-order valence-corrected chi connectivity index (χ4v) is 2.88. The number of hydrogen-bond acceptors (Lipinski definition) is 2. The molecule has 56 valence electrons. The van der Waals surface area contributed by atoms with E-state index in [2.05, 4.69) is 10.2 Å². The van der Waals surface area contributed by atoms with Crippen molar-refractivity contribution >= 4 is 0 Å². The van der Waals surface area contributed by atoms with Gasteiger partial charge in [-0.25, -0.2) is 0 Å². The average Bonchev–Trinajstić information content (AvgIpc) is 2.11. The first-order valence-electron chi connectivity index (χ1n) is 4.40. The highest BCUT2D eigenvalue weighted by Crippen LogP contribution is 2.33. The second-order valence-electron chi connectivity index (χ2n) is 4.01. The molecule has 0 aromatic rings. The molecule has 3 rings (SSSR count). The Labute approximate surface area is 61.6 Å². The van der Waals surface area contributed by atoms with Gasteiger partial charge in [0.05, 0.1) is 0 Å². The summed E-state index contributed by atoms with van der Waals surface area (Å²) in [4.78, 5) is 2.62. The van der Waals surface area contributed by atoms with Crippen LogP contribution in [0, 0.1) is 5.92 Å². The maximum Gasteiger partial charge on any atom is 0.0227 e. The summed E-state index contributed by atoms with van der Waals surface area (Å²) in [5.41, 5.74) is 0. The molecule has 0 aromatic carbocycles. The standard InChI is InChI=1S/C8H14N2/c1-2-10-4-7-3-6(1)8(5-10)9-7/h6-9H,1-5H2/t6-,7-,8-/m0/s1. The zero-order valence-corrected chi connectivity index (χ0v) is 6.21. The Hall–Kier alpha value is -0.0800. The molecule has 3 saturated heterocycles. The zero-order valence-electron chi connectivity index (χ0n) is 6.21. The van der Waals surface area contributed by atoms with E-state index in [0.29, 0.717) is 0 Å². The number of rotatable bonds is 0. The van der Waals surface area contributed by atoms with Crippen LogP contribution >= 0.6 is 0 Å². The molecule has 3 aliphatic rings. The van der Waals surface area contributed by atoms with Crippen LogP contribution in [0.15, 0.2) is 0 Å². The van der Waals surface area contributed by atoms with Gasteiger partial charge in [-0.3, -0.25) is 0 Å². The SMILES string of the molecule is C1CN2C[C@@H]3C[C@H]1[C@H](C2)N3. The highest BCUT2D eigenvalue weighted by atomic mass is 15.3. The number of fused-ring (bicyclic) bond motifs is 2. The number of nitrogens with zero attached hydrogens (tertiary/aromatic N) is 1. The molecule has 0 radical (unpaired) electrons. The normalized spacial score (nSPS) is 57.6. The summed E-state index contributed by atoms with van der Waals surface area (Å²) in [5, 5.41) is 3.68. The molecule has 4 atom stereocenters. The maximum absolute atomic E-state index is 3.68. The average molecular weight is 138 g/mol. The van der Waals surface area contributed by atoms with E-state index >= 15 is 0 Å². The van der Waals surface area contributed by atoms with E-state index in [1.165, 1.54) is 32.5 Å². The van der Waals surface area contributed by atoms with Gasteiger partial charge in [-0.05, 0) is 25.3 Å². The first kappa shape index (κ1) is 5.56. The van der Waals surface area contributed by atoms with Crippen LogP contribution in [0.3, 0.4) is 0 Å². The van der Waals surface area contributed by atoms with Gasteiger partial charge in [0.1, 0.15) is 0 Å². The summed E-state index contributed by atoms with van der Waals surface area (Å²) in [6.45, 7) is 4.04. The van der Waals surface area contributed by atoms with Crippen molar-refractivity contribution in [1.29, 1.82) is 0 Å². The number of piperazine rings is 1. The van der Waals surface area contributed by atoms with Crippen molar-refractivity contribution in [3.63, 3.8) is 0 Å². The molecule has 0 amide bonds. The molecule has 3 heterocycles. The smallest absolute Gasteiger partial charge is 0.0227 e. The lowest BCUT2D eigenvalue weighted by atomic mass is 9.94. The summed E-state index contributed by atoms with van der Waals surface area (Å²) in [6, 6.07) is 1.72. The Kier molecular flexibility index (Phi) is 0.968. The number of nitrogens with one attached hydrogen (secondary N) is 1. The van der Waals surface area contributed by atoms with Gasteiger partial charge < -0.3 is 10.2 Å². The minimum atomic E-state index is 0.853. The minimum absolute atomic E-state index is 0.853. The van der Waals surface area contributed by atoms with Gasteiger partial charge >= 0.3 is 0 Å². The van der Waals surface area contributed by atoms with E-state index in [4.69, 9.17) is 0 Å². The maximum atomic E-state index is 3.68. The van der Waals surface area contributed by atoms with Crippen LogP contribution in [-0.2, 0) is 0 Å². The summed E-state index contributed by atoms with van der Waals surface area (Å²) in [7, 11) is 0. The third-order valence-electron chi connectivity index (χ3n) is 3.36. The fourth-order valence-electron chi connectivity index (χ4n) is 2.88. The van der Waals surface area contributed by atoms with Gasteiger partial charge in [0, 0.05) is 25.2 Å². The predicted molar refractivity (Wildman–Crippen MR) is 39.9 cm³/mol. The van der Waals surface area contributed by atoms with Crippen molar-refractivity contribution in [1.82, 2.24) is 10.2 Å². The van der Waals surface area contributed by atoms with Gasteiger partial charge in [0.15, 0.2) is 0 Å². The molecule has 0 aromatic heterocycles. The first-order chi connectivity index (χ1) is 4.92. The molecule has 3 aliphatic heterocycles. The number of piperidine rings is 1. The Bertz CT molecular complexity index is 147. The Morgan fingerprint density at radius 3 is 3.30 bits per heavy atom. The Balaban J connectivity index is 1.94. The third-order valence-corrected chi connectivity index (χ3v) is 3.36. The van der Waals surface area contributed by atoms with Crippen LogP contribution in [0.5, 0.6) is 0 Å². The van der Waals surface area contributed by atoms with Crippen molar-refractivity contribution in [3.05, 3.63) is 0 Å². The van der Waals surface area contributed by atoms with Gasteiger partial charge in [-0.1, -0.05) is 0 Å². The highest BCUT2D eigenvalue weighted by Gasteiger charge is 2.42. The lowest BCUT2D eigenvalue weighted by Gasteiger charge is -2.37. The van der Waals surface area contributed by atoms with Crippen molar-refractivity contribution in [2.45, 2.75) is 24.9 Å². The zero-order chi connectivity index (χ0) is 6.55. The van der Waals surface area contributed by atoms with Crippen LogP contribution in [0.1, 0.15) is 12.8 Å². The van der Waals surface area contributed by atoms with E-state index in [-0.39, 0.29) is 0 Å². The minimum Gasteiger partial charge on any atom is -0.308 e. The van der Waals surface area contributed by atoms with Gasteiger partial charge in [-0.2, -0.15) is 0 Å². The third kappa shape index (κ3) is 0.611. The van der Waals surface area contributed by atoms with Gasteiger partial charge in [0.2, 0.25) is 0 Å². The molecule has 1 N–H and O–H groups in total. The van der Waals surface area contributed by atoms with Crippen molar-refractivity contribution < 1.29 is 0 Å². The first-order valence-corrected chi connectivity index (χ1v) is 4.40. The van der Waals surface area contributed by atoms with Gasteiger partial charge in [0.25, 0.3) is 0 Å².